The Kier molecular flexibility index (Phi) is 7.70. The Bertz CT molecular complexity index is 845. The third-order valence-electron chi connectivity index (χ3n) is 5.97. The van der Waals surface area contributed by atoms with E-state index in [1.54, 1.807) is 18.0 Å². The van der Waals surface area contributed by atoms with Crippen molar-refractivity contribution in [3.63, 3.8) is 0 Å². The van der Waals surface area contributed by atoms with Gasteiger partial charge in [0.15, 0.2) is 0 Å². The average Bonchev–Trinajstić information content (AvgIpc) is 3.35. The molecule has 1 aromatic heterocycles. The van der Waals surface area contributed by atoms with Crippen LogP contribution < -0.4 is 5.32 Å². The first-order valence-electron chi connectivity index (χ1n) is 11.2. The largest absolute Gasteiger partial charge is 0.467 e. The van der Waals surface area contributed by atoms with E-state index < -0.39 is 0 Å². The van der Waals surface area contributed by atoms with Crippen LogP contribution in [0.2, 0.25) is 0 Å². The highest BCUT2D eigenvalue weighted by atomic mass is 32.2. The smallest absolute Gasteiger partial charge is 0.251 e. The fourth-order valence-electron chi connectivity index (χ4n) is 4.24. The Hall–Kier alpha value is -2.25. The average molecular weight is 442 g/mol. The Labute approximate surface area is 188 Å². The van der Waals surface area contributed by atoms with Gasteiger partial charge in [0.2, 0.25) is 5.91 Å². The Morgan fingerprint density at radius 3 is 2.58 bits per heavy atom. The summed E-state index contributed by atoms with van der Waals surface area (Å²) < 4.78 is 5.41. The van der Waals surface area contributed by atoms with Gasteiger partial charge in [-0.05, 0) is 68.7 Å². The number of benzene rings is 1. The summed E-state index contributed by atoms with van der Waals surface area (Å²) >= 11 is 1.61. The molecule has 1 N–H and O–H groups in total. The fourth-order valence-corrected chi connectivity index (χ4v) is 5.43. The quantitative estimate of drug-likeness (QED) is 0.626. The molecule has 0 bridgehead atoms. The number of nitrogens with zero attached hydrogens (tertiary/aromatic N) is 2. The number of hydrogen-bond donors (Lipinski definition) is 1. The number of rotatable bonds is 8. The van der Waals surface area contributed by atoms with Gasteiger partial charge in [0.25, 0.3) is 5.91 Å². The third-order valence-corrected chi connectivity index (χ3v) is 7.22. The van der Waals surface area contributed by atoms with Crippen LogP contribution in [0.25, 0.3) is 0 Å². The summed E-state index contributed by atoms with van der Waals surface area (Å²) in [5, 5.41) is 2.99. The van der Waals surface area contributed by atoms with Gasteiger partial charge in [-0.3, -0.25) is 9.59 Å². The van der Waals surface area contributed by atoms with Crippen molar-refractivity contribution in [3.8, 4) is 0 Å². The molecular formula is C24H31N3O3S. The highest BCUT2D eigenvalue weighted by molar-refractivity contribution is 8.00. The zero-order valence-corrected chi connectivity index (χ0v) is 18.7. The number of carbonyl (C=O) groups excluding carboxylic acids is 2. The Morgan fingerprint density at radius 1 is 1.10 bits per heavy atom. The minimum atomic E-state index is -0.0525. The van der Waals surface area contributed by atoms with E-state index in [-0.39, 0.29) is 17.2 Å². The molecule has 6 nitrogen and oxygen atoms in total. The SMILES string of the molecule is O=C(NCCCN1CCCCCC1)c1ccc([C@H]2SCC(=O)N2Cc2ccco2)cc1. The van der Waals surface area contributed by atoms with Crippen molar-refractivity contribution >= 4 is 23.6 Å². The van der Waals surface area contributed by atoms with Crippen molar-refractivity contribution < 1.29 is 14.0 Å². The van der Waals surface area contributed by atoms with E-state index in [1.165, 1.54) is 38.8 Å². The zero-order valence-electron chi connectivity index (χ0n) is 17.9. The van der Waals surface area contributed by atoms with Crippen molar-refractivity contribution in [1.29, 1.82) is 0 Å². The van der Waals surface area contributed by atoms with Gasteiger partial charge in [0.1, 0.15) is 11.1 Å². The molecule has 3 heterocycles. The van der Waals surface area contributed by atoms with E-state index in [9.17, 15) is 9.59 Å². The monoisotopic (exact) mass is 441 g/mol. The summed E-state index contributed by atoms with van der Waals surface area (Å²) in [6, 6.07) is 11.3. The van der Waals surface area contributed by atoms with Crippen LogP contribution in [0, 0.1) is 0 Å². The predicted octanol–water partition coefficient (Wildman–Crippen LogP) is 4.05. The van der Waals surface area contributed by atoms with E-state index in [0.29, 0.717) is 24.4 Å². The molecule has 2 amide bonds. The van der Waals surface area contributed by atoms with Gasteiger partial charge in [-0.2, -0.15) is 0 Å². The van der Waals surface area contributed by atoms with Crippen molar-refractivity contribution in [1.82, 2.24) is 15.1 Å². The lowest BCUT2D eigenvalue weighted by atomic mass is 10.1. The van der Waals surface area contributed by atoms with Crippen LogP contribution in [-0.4, -0.2) is 53.5 Å². The van der Waals surface area contributed by atoms with Gasteiger partial charge in [-0.1, -0.05) is 25.0 Å². The summed E-state index contributed by atoms with van der Waals surface area (Å²) in [5.74, 6) is 1.31. The number of nitrogens with one attached hydrogen (secondary N) is 1. The van der Waals surface area contributed by atoms with Crippen LogP contribution >= 0.6 is 11.8 Å². The minimum absolute atomic E-state index is 0.0370. The van der Waals surface area contributed by atoms with Gasteiger partial charge in [-0.15, -0.1) is 11.8 Å². The standard InChI is InChI=1S/C24H31N3O3S/c28-22-18-31-24(27(22)17-21-7-5-16-30-21)20-10-8-19(9-11-20)23(29)25-12-6-15-26-13-3-1-2-4-14-26/h5,7-11,16,24H,1-4,6,12-15,17-18H2,(H,25,29)/t24-/m1/s1. The molecule has 2 saturated heterocycles. The van der Waals surface area contributed by atoms with Crippen molar-refractivity contribution in [2.75, 3.05) is 31.9 Å². The van der Waals surface area contributed by atoms with Gasteiger partial charge in [0.05, 0.1) is 18.6 Å². The molecular weight excluding hydrogens is 410 g/mol. The topological polar surface area (TPSA) is 65.8 Å². The summed E-state index contributed by atoms with van der Waals surface area (Å²) in [6.07, 6.45) is 7.88. The number of carbonyl (C=O) groups is 2. The lowest BCUT2D eigenvalue weighted by molar-refractivity contribution is -0.128. The van der Waals surface area contributed by atoms with Crippen LogP contribution in [0.1, 0.15) is 59.2 Å². The number of thioether (sulfide) groups is 1. The zero-order chi connectivity index (χ0) is 21.5. The summed E-state index contributed by atoms with van der Waals surface area (Å²) in [6.45, 7) is 4.59. The molecule has 1 atom stereocenters. The number of furan rings is 1. The van der Waals surface area contributed by atoms with E-state index in [4.69, 9.17) is 4.42 Å². The Morgan fingerprint density at radius 2 is 1.87 bits per heavy atom. The number of amides is 2. The molecule has 0 unspecified atom stereocenters. The maximum Gasteiger partial charge on any atom is 0.251 e. The van der Waals surface area contributed by atoms with Crippen LogP contribution in [0.5, 0.6) is 0 Å². The Balaban J connectivity index is 1.27. The first kappa shape index (κ1) is 22.0. The molecule has 0 saturated carbocycles. The minimum Gasteiger partial charge on any atom is -0.467 e. The second kappa shape index (κ2) is 10.9. The molecule has 2 aliphatic rings. The molecule has 0 aliphatic carbocycles. The number of likely N-dealkylation sites (tertiary alicyclic amines) is 1. The lowest BCUT2D eigenvalue weighted by Gasteiger charge is -2.23. The highest BCUT2D eigenvalue weighted by Crippen LogP contribution is 2.39. The number of hydrogen-bond acceptors (Lipinski definition) is 5. The van der Waals surface area contributed by atoms with Gasteiger partial charge >= 0.3 is 0 Å². The van der Waals surface area contributed by atoms with Gasteiger partial charge in [-0.25, -0.2) is 0 Å². The maximum absolute atomic E-state index is 12.5. The van der Waals surface area contributed by atoms with E-state index in [0.717, 1.165) is 24.3 Å². The summed E-state index contributed by atoms with van der Waals surface area (Å²) in [4.78, 5) is 29.2. The molecule has 1 aromatic carbocycles. The highest BCUT2D eigenvalue weighted by Gasteiger charge is 2.33. The van der Waals surface area contributed by atoms with Gasteiger partial charge in [0, 0.05) is 12.1 Å². The third kappa shape index (κ3) is 5.92. The predicted molar refractivity (Wildman–Crippen MR) is 123 cm³/mol. The first-order valence-corrected chi connectivity index (χ1v) is 12.3. The van der Waals surface area contributed by atoms with E-state index in [1.807, 2.05) is 41.3 Å². The second-order valence-electron chi connectivity index (χ2n) is 8.25. The van der Waals surface area contributed by atoms with Crippen molar-refractivity contribution in [2.24, 2.45) is 0 Å². The second-order valence-corrected chi connectivity index (χ2v) is 9.32. The van der Waals surface area contributed by atoms with Crippen molar-refractivity contribution in [2.45, 2.75) is 44.0 Å². The summed E-state index contributed by atoms with van der Waals surface area (Å²) in [5.41, 5.74) is 1.69. The molecule has 2 aliphatic heterocycles. The molecule has 7 heteroatoms. The molecule has 4 rings (SSSR count). The van der Waals surface area contributed by atoms with E-state index in [2.05, 4.69) is 10.2 Å². The molecule has 0 radical (unpaired) electrons. The van der Waals surface area contributed by atoms with Crippen LogP contribution in [-0.2, 0) is 11.3 Å². The molecule has 2 fully saturated rings. The molecule has 31 heavy (non-hydrogen) atoms. The normalized spacial score (nSPS) is 20.1. The maximum atomic E-state index is 12.5. The molecule has 0 spiro atoms. The van der Waals surface area contributed by atoms with E-state index >= 15 is 0 Å². The van der Waals surface area contributed by atoms with Gasteiger partial charge < -0.3 is 19.5 Å². The first-order chi connectivity index (χ1) is 15.2. The van der Waals surface area contributed by atoms with Crippen LogP contribution in [0.3, 0.4) is 0 Å². The summed E-state index contributed by atoms with van der Waals surface area (Å²) in [7, 11) is 0. The van der Waals surface area contributed by atoms with Crippen LogP contribution in [0.4, 0.5) is 0 Å². The van der Waals surface area contributed by atoms with Crippen LogP contribution in [0.15, 0.2) is 47.1 Å². The lowest BCUT2D eigenvalue weighted by Crippen LogP contribution is -2.30. The fraction of sp³-hybridized carbons (Fsp3) is 0.500. The molecule has 166 valence electrons. The van der Waals surface area contributed by atoms with Crippen molar-refractivity contribution in [3.05, 3.63) is 59.5 Å². The molecule has 2 aromatic rings.